The first-order chi connectivity index (χ1) is 8.15. The summed E-state index contributed by atoms with van der Waals surface area (Å²) in [5.74, 6) is 0.865. The summed E-state index contributed by atoms with van der Waals surface area (Å²) in [6, 6.07) is 1.34. The molecule has 1 N–H and O–H groups in total. The molecule has 0 aromatic rings. The summed E-state index contributed by atoms with van der Waals surface area (Å²) in [5, 5.41) is 3.84. The molecule has 0 aromatic heterocycles. The zero-order chi connectivity index (χ0) is 12.3. The van der Waals surface area contributed by atoms with E-state index in [1.165, 1.54) is 38.8 Å². The Bertz CT molecular complexity index is 226. The van der Waals surface area contributed by atoms with Crippen LogP contribution in [0.15, 0.2) is 0 Å². The van der Waals surface area contributed by atoms with E-state index in [2.05, 4.69) is 31.1 Å². The average molecular weight is 240 g/mol. The lowest BCUT2D eigenvalue weighted by molar-refractivity contribution is 0.00928. The lowest BCUT2D eigenvalue weighted by atomic mass is 9.89. The van der Waals surface area contributed by atoms with E-state index in [-0.39, 0.29) is 0 Å². The number of ether oxygens (including phenoxy) is 1. The van der Waals surface area contributed by atoms with Crippen LogP contribution in [-0.4, -0.2) is 49.8 Å². The fourth-order valence-electron chi connectivity index (χ4n) is 3.19. The predicted molar refractivity (Wildman–Crippen MR) is 71.3 cm³/mol. The normalized spacial score (nSPS) is 34.8. The van der Waals surface area contributed by atoms with Crippen LogP contribution in [0.2, 0.25) is 0 Å². The lowest BCUT2D eigenvalue weighted by Crippen LogP contribution is -2.47. The molecule has 2 fully saturated rings. The molecule has 3 heteroatoms. The van der Waals surface area contributed by atoms with Crippen molar-refractivity contribution in [1.82, 2.24) is 10.2 Å². The molecule has 2 rings (SSSR count). The molecule has 17 heavy (non-hydrogen) atoms. The second kappa shape index (κ2) is 6.17. The minimum absolute atomic E-state index is 0.436. The molecule has 0 aromatic carbocycles. The summed E-state index contributed by atoms with van der Waals surface area (Å²) in [4.78, 5) is 2.44. The summed E-state index contributed by atoms with van der Waals surface area (Å²) in [6.07, 6.45) is 5.50. The van der Waals surface area contributed by atoms with Gasteiger partial charge in [-0.1, -0.05) is 0 Å². The first-order valence-electron chi connectivity index (χ1n) is 7.21. The Kier molecular flexibility index (Phi) is 4.83. The van der Waals surface area contributed by atoms with Gasteiger partial charge in [0.15, 0.2) is 0 Å². The van der Waals surface area contributed by atoms with E-state index in [0.717, 1.165) is 12.5 Å². The van der Waals surface area contributed by atoms with Gasteiger partial charge in [-0.2, -0.15) is 0 Å². The highest BCUT2D eigenvalue weighted by Crippen LogP contribution is 2.22. The van der Waals surface area contributed by atoms with Crippen LogP contribution >= 0.6 is 0 Å². The zero-order valence-corrected chi connectivity index (χ0v) is 11.6. The number of hydrogen-bond acceptors (Lipinski definition) is 3. The topological polar surface area (TPSA) is 24.5 Å². The van der Waals surface area contributed by atoms with Crippen molar-refractivity contribution in [3.05, 3.63) is 0 Å². The van der Waals surface area contributed by atoms with Crippen molar-refractivity contribution < 1.29 is 4.74 Å². The summed E-state index contributed by atoms with van der Waals surface area (Å²) < 4.78 is 5.60. The summed E-state index contributed by atoms with van der Waals surface area (Å²) in [5.41, 5.74) is 0. The van der Waals surface area contributed by atoms with Gasteiger partial charge in [0.1, 0.15) is 0 Å². The smallest absolute Gasteiger partial charge is 0.0561 e. The first-order valence-corrected chi connectivity index (χ1v) is 7.21. The number of piperidine rings is 1. The van der Waals surface area contributed by atoms with Gasteiger partial charge in [0.05, 0.1) is 6.10 Å². The average Bonchev–Trinajstić information content (AvgIpc) is 2.29. The highest BCUT2D eigenvalue weighted by molar-refractivity contribution is 4.83. The molecule has 0 radical (unpaired) electrons. The van der Waals surface area contributed by atoms with E-state index in [9.17, 15) is 0 Å². The van der Waals surface area contributed by atoms with E-state index >= 15 is 0 Å². The van der Waals surface area contributed by atoms with Gasteiger partial charge in [-0.3, -0.25) is 0 Å². The van der Waals surface area contributed by atoms with Gasteiger partial charge in [0.2, 0.25) is 0 Å². The molecule has 2 aliphatic rings. The molecule has 100 valence electrons. The van der Waals surface area contributed by atoms with Crippen LogP contribution in [0.5, 0.6) is 0 Å². The van der Waals surface area contributed by atoms with Crippen molar-refractivity contribution in [3.63, 3.8) is 0 Å². The van der Waals surface area contributed by atoms with Crippen molar-refractivity contribution in [2.75, 3.05) is 26.7 Å². The molecule has 0 spiro atoms. The molecule has 0 aliphatic carbocycles. The molecule has 2 aliphatic heterocycles. The van der Waals surface area contributed by atoms with Gasteiger partial charge >= 0.3 is 0 Å². The highest BCUT2D eigenvalue weighted by Gasteiger charge is 2.26. The van der Waals surface area contributed by atoms with Crippen LogP contribution in [0.4, 0.5) is 0 Å². The molecule has 3 nitrogen and oxygen atoms in total. The van der Waals surface area contributed by atoms with E-state index in [1.807, 2.05) is 0 Å². The maximum atomic E-state index is 5.60. The Hall–Kier alpha value is -0.120. The fourth-order valence-corrected chi connectivity index (χ4v) is 3.19. The van der Waals surface area contributed by atoms with E-state index in [4.69, 9.17) is 4.74 Å². The standard InChI is InChI=1S/C14H28N2O/c1-11-10-14(6-9-17-11)15-12(2)13-4-7-16(3)8-5-13/h11-15H,4-10H2,1-3H3. The van der Waals surface area contributed by atoms with Gasteiger partial charge in [0, 0.05) is 18.7 Å². The van der Waals surface area contributed by atoms with E-state index in [1.54, 1.807) is 0 Å². The molecular weight excluding hydrogens is 212 g/mol. The number of rotatable bonds is 3. The molecular formula is C14H28N2O. The van der Waals surface area contributed by atoms with Crippen LogP contribution in [0.3, 0.4) is 0 Å². The monoisotopic (exact) mass is 240 g/mol. The third-order valence-electron chi connectivity index (χ3n) is 4.45. The minimum Gasteiger partial charge on any atom is -0.378 e. The van der Waals surface area contributed by atoms with Crippen LogP contribution < -0.4 is 5.32 Å². The number of nitrogens with zero attached hydrogens (tertiary/aromatic N) is 1. The molecule has 0 saturated carbocycles. The van der Waals surface area contributed by atoms with Gasteiger partial charge in [0.25, 0.3) is 0 Å². The third-order valence-corrected chi connectivity index (χ3v) is 4.45. The number of likely N-dealkylation sites (tertiary alicyclic amines) is 1. The summed E-state index contributed by atoms with van der Waals surface area (Å²) in [6.45, 7) is 8.02. The number of nitrogens with one attached hydrogen (secondary N) is 1. The maximum absolute atomic E-state index is 5.60. The van der Waals surface area contributed by atoms with Gasteiger partial charge in [-0.15, -0.1) is 0 Å². The summed E-state index contributed by atoms with van der Waals surface area (Å²) >= 11 is 0. The molecule has 2 saturated heterocycles. The van der Waals surface area contributed by atoms with Gasteiger partial charge in [-0.25, -0.2) is 0 Å². The van der Waals surface area contributed by atoms with Crippen molar-refractivity contribution in [2.45, 2.75) is 57.7 Å². The third kappa shape index (κ3) is 3.94. The Morgan fingerprint density at radius 1 is 1.24 bits per heavy atom. The Morgan fingerprint density at radius 2 is 1.94 bits per heavy atom. The lowest BCUT2D eigenvalue weighted by Gasteiger charge is -2.37. The Balaban J connectivity index is 1.74. The SMILES string of the molecule is CC1CC(NC(C)C2CCN(C)CC2)CCO1. The second-order valence-electron chi connectivity index (χ2n) is 6.00. The predicted octanol–water partition coefficient (Wildman–Crippen LogP) is 1.87. The molecule has 2 heterocycles. The van der Waals surface area contributed by atoms with Crippen molar-refractivity contribution in [3.8, 4) is 0 Å². The van der Waals surface area contributed by atoms with Crippen LogP contribution in [-0.2, 0) is 4.74 Å². The van der Waals surface area contributed by atoms with Crippen molar-refractivity contribution in [2.24, 2.45) is 5.92 Å². The number of hydrogen-bond donors (Lipinski definition) is 1. The van der Waals surface area contributed by atoms with Gasteiger partial charge in [-0.05, 0) is 65.6 Å². The quantitative estimate of drug-likeness (QED) is 0.815. The van der Waals surface area contributed by atoms with Crippen molar-refractivity contribution >= 4 is 0 Å². The van der Waals surface area contributed by atoms with Crippen molar-refractivity contribution in [1.29, 1.82) is 0 Å². The second-order valence-corrected chi connectivity index (χ2v) is 6.00. The molecule has 0 bridgehead atoms. The highest BCUT2D eigenvalue weighted by atomic mass is 16.5. The maximum Gasteiger partial charge on any atom is 0.0561 e. The Labute approximate surface area is 106 Å². The summed E-state index contributed by atoms with van der Waals surface area (Å²) in [7, 11) is 2.23. The first kappa shape index (κ1) is 13.3. The van der Waals surface area contributed by atoms with E-state index in [0.29, 0.717) is 18.2 Å². The molecule has 3 atom stereocenters. The minimum atomic E-state index is 0.436. The largest absolute Gasteiger partial charge is 0.378 e. The van der Waals surface area contributed by atoms with Crippen LogP contribution in [0, 0.1) is 5.92 Å². The van der Waals surface area contributed by atoms with E-state index < -0.39 is 0 Å². The van der Waals surface area contributed by atoms with Gasteiger partial charge < -0.3 is 15.0 Å². The van der Waals surface area contributed by atoms with Crippen LogP contribution in [0.25, 0.3) is 0 Å². The zero-order valence-electron chi connectivity index (χ0n) is 11.6. The molecule has 0 amide bonds. The van der Waals surface area contributed by atoms with Crippen LogP contribution in [0.1, 0.15) is 39.5 Å². The Morgan fingerprint density at radius 3 is 2.59 bits per heavy atom. The molecule has 3 unspecified atom stereocenters. The fraction of sp³-hybridized carbons (Fsp3) is 1.00.